The van der Waals surface area contributed by atoms with Gasteiger partial charge < -0.3 is 9.88 Å². The van der Waals surface area contributed by atoms with Crippen molar-refractivity contribution in [2.24, 2.45) is 5.92 Å². The van der Waals surface area contributed by atoms with Crippen LogP contribution in [-0.4, -0.2) is 60.3 Å². The molecule has 4 rings (SSSR count). The zero-order valence-electron chi connectivity index (χ0n) is 18.5. The molecule has 0 amide bonds. The largest absolute Gasteiger partial charge is 0.355 e. The van der Waals surface area contributed by atoms with Gasteiger partial charge in [-0.1, -0.05) is 42.0 Å². The summed E-state index contributed by atoms with van der Waals surface area (Å²) in [6, 6.07) is 16.8. The van der Waals surface area contributed by atoms with E-state index in [0.29, 0.717) is 19.0 Å². The normalized spacial score (nSPS) is 16.3. The molecule has 1 aliphatic heterocycles. The number of hydrogen-bond acceptors (Lipinski definition) is 4. The number of fused-ring (bicyclic) bond motifs is 1. The summed E-state index contributed by atoms with van der Waals surface area (Å²) in [5.41, 5.74) is 4.58. The van der Waals surface area contributed by atoms with Crippen LogP contribution >= 0.6 is 0 Å². The summed E-state index contributed by atoms with van der Waals surface area (Å²) in [6.45, 7) is 4.77. The molecule has 1 aromatic heterocycles. The van der Waals surface area contributed by atoms with E-state index in [2.05, 4.69) is 47.1 Å². The number of nitrogens with zero attached hydrogens (tertiary/aromatic N) is 4. The first kappa shape index (κ1) is 21.8. The summed E-state index contributed by atoms with van der Waals surface area (Å²) in [5.74, 6) is 1.28. The third kappa shape index (κ3) is 4.76. The number of anilines is 1. The van der Waals surface area contributed by atoms with Gasteiger partial charge >= 0.3 is 0 Å². The summed E-state index contributed by atoms with van der Waals surface area (Å²) >= 11 is 0. The maximum Gasteiger partial charge on any atom is 0.281 e. The molecule has 0 spiro atoms. The van der Waals surface area contributed by atoms with Crippen molar-refractivity contribution in [1.82, 2.24) is 18.2 Å². The average molecular weight is 442 g/mol. The molecule has 3 aromatic rings. The van der Waals surface area contributed by atoms with Gasteiger partial charge in [-0.15, -0.1) is 0 Å². The number of rotatable bonds is 7. The van der Waals surface area contributed by atoms with Crippen molar-refractivity contribution in [3.63, 3.8) is 0 Å². The lowest BCUT2D eigenvalue weighted by Gasteiger charge is -2.32. The van der Waals surface area contributed by atoms with Gasteiger partial charge in [0.2, 0.25) is 5.95 Å². The Morgan fingerprint density at radius 3 is 2.55 bits per heavy atom. The number of nitrogens with one attached hydrogen (secondary N) is 1. The molecule has 0 radical (unpaired) electrons. The van der Waals surface area contributed by atoms with E-state index in [-0.39, 0.29) is 0 Å². The molecular weight excluding hydrogens is 410 g/mol. The van der Waals surface area contributed by atoms with Gasteiger partial charge in [-0.2, -0.15) is 17.0 Å². The molecule has 0 aliphatic carbocycles. The summed E-state index contributed by atoms with van der Waals surface area (Å²) in [5, 5.41) is 3.56. The van der Waals surface area contributed by atoms with Gasteiger partial charge in [-0.3, -0.25) is 0 Å². The van der Waals surface area contributed by atoms with E-state index >= 15 is 0 Å². The van der Waals surface area contributed by atoms with E-state index in [1.165, 1.54) is 15.4 Å². The number of benzene rings is 2. The van der Waals surface area contributed by atoms with E-state index in [1.807, 2.05) is 18.2 Å². The molecule has 0 bridgehead atoms. The van der Waals surface area contributed by atoms with Gasteiger partial charge in [-0.05, 0) is 43.4 Å². The van der Waals surface area contributed by atoms with Crippen molar-refractivity contribution >= 4 is 27.2 Å². The molecule has 31 heavy (non-hydrogen) atoms. The minimum atomic E-state index is -3.32. The van der Waals surface area contributed by atoms with E-state index in [1.54, 1.807) is 18.4 Å². The number of aromatic nitrogens is 2. The molecule has 0 saturated carbocycles. The minimum Gasteiger partial charge on any atom is -0.355 e. The molecule has 1 saturated heterocycles. The monoisotopic (exact) mass is 441 g/mol. The van der Waals surface area contributed by atoms with E-state index in [9.17, 15) is 8.42 Å². The van der Waals surface area contributed by atoms with Gasteiger partial charge in [0.15, 0.2) is 0 Å². The second-order valence-electron chi connectivity index (χ2n) is 8.51. The molecule has 1 N–H and O–H groups in total. The van der Waals surface area contributed by atoms with Crippen LogP contribution in [0.2, 0.25) is 0 Å². The summed E-state index contributed by atoms with van der Waals surface area (Å²) in [4.78, 5) is 4.83. The Hall–Kier alpha value is -2.42. The lowest BCUT2D eigenvalue weighted by Crippen LogP contribution is -2.45. The fraction of sp³-hybridized carbons (Fsp3) is 0.435. The zero-order valence-corrected chi connectivity index (χ0v) is 19.3. The number of imidazole rings is 1. The van der Waals surface area contributed by atoms with E-state index in [0.717, 1.165) is 42.9 Å². The molecule has 1 aliphatic rings. The van der Waals surface area contributed by atoms with Crippen molar-refractivity contribution in [3.05, 3.63) is 59.7 Å². The molecule has 1 fully saturated rings. The van der Waals surface area contributed by atoms with Crippen molar-refractivity contribution in [1.29, 1.82) is 0 Å². The number of piperidine rings is 1. The van der Waals surface area contributed by atoms with Crippen molar-refractivity contribution in [2.75, 3.05) is 39.0 Å². The molecule has 8 heteroatoms. The fourth-order valence-corrected chi connectivity index (χ4v) is 5.31. The van der Waals surface area contributed by atoms with Gasteiger partial charge in [0.25, 0.3) is 10.2 Å². The second kappa shape index (κ2) is 8.98. The zero-order chi connectivity index (χ0) is 22.0. The molecule has 0 unspecified atom stereocenters. The summed E-state index contributed by atoms with van der Waals surface area (Å²) < 4.78 is 29.8. The van der Waals surface area contributed by atoms with Crippen molar-refractivity contribution < 1.29 is 8.42 Å². The van der Waals surface area contributed by atoms with Crippen molar-refractivity contribution in [2.45, 2.75) is 26.3 Å². The summed E-state index contributed by atoms with van der Waals surface area (Å²) in [6.07, 6.45) is 1.69. The maximum absolute atomic E-state index is 12.3. The highest BCUT2D eigenvalue weighted by Gasteiger charge is 2.29. The smallest absolute Gasteiger partial charge is 0.281 e. The Kier molecular flexibility index (Phi) is 6.31. The Balaban J connectivity index is 1.47. The Morgan fingerprint density at radius 2 is 1.84 bits per heavy atom. The van der Waals surface area contributed by atoms with Gasteiger partial charge in [0, 0.05) is 33.7 Å². The van der Waals surface area contributed by atoms with E-state index < -0.39 is 10.2 Å². The number of aryl methyl sites for hydroxylation is 1. The fourth-order valence-electron chi connectivity index (χ4n) is 4.17. The van der Waals surface area contributed by atoms with Crippen LogP contribution in [0.1, 0.15) is 24.0 Å². The van der Waals surface area contributed by atoms with E-state index in [4.69, 9.17) is 4.98 Å². The van der Waals surface area contributed by atoms with Crippen LogP contribution in [0.5, 0.6) is 0 Å². The third-order valence-electron chi connectivity index (χ3n) is 5.99. The highest BCUT2D eigenvalue weighted by molar-refractivity contribution is 7.86. The van der Waals surface area contributed by atoms with Crippen LogP contribution in [0, 0.1) is 12.8 Å². The predicted octanol–water partition coefficient (Wildman–Crippen LogP) is 3.32. The molecule has 7 nitrogen and oxygen atoms in total. The maximum atomic E-state index is 12.3. The number of para-hydroxylation sites is 2. The quantitative estimate of drug-likeness (QED) is 0.611. The van der Waals surface area contributed by atoms with Crippen LogP contribution in [0.15, 0.2) is 48.5 Å². The molecule has 2 heterocycles. The van der Waals surface area contributed by atoms with Crippen molar-refractivity contribution in [3.8, 4) is 0 Å². The van der Waals surface area contributed by atoms with Crippen LogP contribution in [0.4, 0.5) is 5.95 Å². The molecular formula is C23H31N5O2S. The highest BCUT2D eigenvalue weighted by Crippen LogP contribution is 2.24. The Bertz CT molecular complexity index is 1150. The SMILES string of the molecule is Cc1cccc(Cn2c(NCC3CCN(S(=O)(=O)N(C)C)CC3)nc3ccccc32)c1. The second-order valence-corrected chi connectivity index (χ2v) is 10.7. The third-order valence-corrected chi connectivity index (χ3v) is 7.93. The lowest BCUT2D eigenvalue weighted by atomic mass is 9.98. The van der Waals surface area contributed by atoms with Crippen LogP contribution in [0.25, 0.3) is 11.0 Å². The highest BCUT2D eigenvalue weighted by atomic mass is 32.2. The Morgan fingerprint density at radius 1 is 1.10 bits per heavy atom. The molecule has 2 aromatic carbocycles. The van der Waals surface area contributed by atoms with Gasteiger partial charge in [0.1, 0.15) is 0 Å². The summed E-state index contributed by atoms with van der Waals surface area (Å²) in [7, 11) is -0.153. The predicted molar refractivity (Wildman–Crippen MR) is 125 cm³/mol. The van der Waals surface area contributed by atoms with Crippen LogP contribution in [-0.2, 0) is 16.8 Å². The van der Waals surface area contributed by atoms with Crippen LogP contribution in [0.3, 0.4) is 0 Å². The molecule has 0 atom stereocenters. The topological polar surface area (TPSA) is 70.5 Å². The van der Waals surface area contributed by atoms with Gasteiger partial charge in [0.05, 0.1) is 17.6 Å². The Labute approximate surface area is 184 Å². The first-order valence-corrected chi connectivity index (χ1v) is 12.2. The minimum absolute atomic E-state index is 0.417. The first-order chi connectivity index (χ1) is 14.8. The first-order valence-electron chi connectivity index (χ1n) is 10.8. The standard InChI is InChI=1S/C23H31N5O2S/c1-18-7-6-8-20(15-18)17-28-22-10-5-4-9-21(22)25-23(28)24-16-19-11-13-27(14-12-19)31(29,30)26(2)3/h4-10,15,19H,11-14,16-17H2,1-3H3,(H,24,25). The van der Waals surface area contributed by atoms with Crippen LogP contribution < -0.4 is 5.32 Å². The van der Waals surface area contributed by atoms with Gasteiger partial charge in [-0.25, -0.2) is 4.98 Å². The molecule has 166 valence electrons. The lowest BCUT2D eigenvalue weighted by molar-refractivity contribution is 0.270. The number of hydrogen-bond donors (Lipinski definition) is 1. The average Bonchev–Trinajstić information content (AvgIpc) is 3.10.